The first-order valence-corrected chi connectivity index (χ1v) is 28.8. The first-order chi connectivity index (χ1) is 40.6. The van der Waals surface area contributed by atoms with E-state index in [1.54, 1.807) is 0 Å². The van der Waals surface area contributed by atoms with Crippen LogP contribution in [0.4, 0.5) is 51.2 Å². The van der Waals surface area contributed by atoms with Gasteiger partial charge in [-0.05, 0) is 175 Å². The highest BCUT2D eigenvalue weighted by molar-refractivity contribution is 7.25. The summed E-state index contributed by atoms with van der Waals surface area (Å²) in [5.74, 6) is 0. The Labute approximate surface area is 481 Å². The molecule has 0 unspecified atom stereocenters. The number of fused-ring (bicyclic) bond motifs is 9. The number of rotatable bonds is 12. The molecule has 1 heterocycles. The third-order valence-corrected chi connectivity index (χ3v) is 17.1. The van der Waals surface area contributed by atoms with Gasteiger partial charge in [0.2, 0.25) is 0 Å². The summed E-state index contributed by atoms with van der Waals surface area (Å²) in [6.07, 6.45) is 0. The van der Waals surface area contributed by atoms with Crippen molar-refractivity contribution in [3.8, 4) is 33.4 Å². The lowest BCUT2D eigenvalue weighted by molar-refractivity contribution is 1.22. The normalized spacial score (nSPS) is 11.4. The third-order valence-electron chi connectivity index (χ3n) is 16.0. The molecule has 82 heavy (non-hydrogen) atoms. The second-order valence-corrected chi connectivity index (χ2v) is 22.0. The predicted octanol–water partition coefficient (Wildman–Crippen LogP) is 22.9. The van der Waals surface area contributed by atoms with Crippen molar-refractivity contribution in [2.45, 2.75) is 0 Å². The number of nitrogens with zero attached hydrogens (tertiary/aromatic N) is 3. The summed E-state index contributed by atoms with van der Waals surface area (Å²) in [5, 5.41) is 9.98. The van der Waals surface area contributed by atoms with E-state index < -0.39 is 0 Å². The van der Waals surface area contributed by atoms with Gasteiger partial charge in [-0.3, -0.25) is 0 Å². The van der Waals surface area contributed by atoms with Crippen LogP contribution in [0.15, 0.2) is 322 Å². The van der Waals surface area contributed by atoms with Crippen LogP contribution in [0.2, 0.25) is 0 Å². The summed E-state index contributed by atoms with van der Waals surface area (Å²) in [6.45, 7) is 0. The van der Waals surface area contributed by atoms with Gasteiger partial charge in [-0.2, -0.15) is 0 Å². The smallest absolute Gasteiger partial charge is 0.0503 e. The van der Waals surface area contributed by atoms with E-state index in [-0.39, 0.29) is 0 Å². The summed E-state index contributed by atoms with van der Waals surface area (Å²) in [6, 6.07) is 117. The molecular formula is C78H53N3S. The molecule has 0 bridgehead atoms. The van der Waals surface area contributed by atoms with Crippen LogP contribution >= 0.6 is 11.3 Å². The molecule has 0 amide bonds. The average Bonchev–Trinajstić information content (AvgIpc) is 4.08. The zero-order valence-corrected chi connectivity index (χ0v) is 45.7. The van der Waals surface area contributed by atoms with E-state index in [2.05, 4.69) is 336 Å². The van der Waals surface area contributed by atoms with Gasteiger partial charge in [0.15, 0.2) is 0 Å². The average molecular weight is 1060 g/mol. The number of anilines is 9. The summed E-state index contributed by atoms with van der Waals surface area (Å²) in [5.41, 5.74) is 16.3. The largest absolute Gasteiger partial charge is 0.310 e. The molecule has 0 aliphatic carbocycles. The molecule has 4 heteroatoms. The molecule has 0 saturated carbocycles. The second-order valence-electron chi connectivity index (χ2n) is 20.9. The van der Waals surface area contributed by atoms with Gasteiger partial charge in [-0.1, -0.05) is 212 Å². The molecule has 14 aromatic carbocycles. The van der Waals surface area contributed by atoms with Crippen molar-refractivity contribution in [2.75, 3.05) is 14.7 Å². The van der Waals surface area contributed by atoms with Crippen molar-refractivity contribution in [1.82, 2.24) is 0 Å². The van der Waals surface area contributed by atoms with Gasteiger partial charge in [-0.25, -0.2) is 0 Å². The van der Waals surface area contributed by atoms with Crippen LogP contribution in [0.25, 0.3) is 85.9 Å². The first kappa shape index (κ1) is 48.6. The van der Waals surface area contributed by atoms with Crippen molar-refractivity contribution < 1.29 is 0 Å². The van der Waals surface area contributed by atoms with Crippen LogP contribution in [-0.2, 0) is 0 Å². The fourth-order valence-corrected chi connectivity index (χ4v) is 13.2. The summed E-state index contributed by atoms with van der Waals surface area (Å²) in [7, 11) is 0. The Morgan fingerprint density at radius 3 is 0.927 bits per heavy atom. The lowest BCUT2D eigenvalue weighted by Gasteiger charge is -2.33. The Morgan fingerprint density at radius 1 is 0.159 bits per heavy atom. The number of thiophene rings is 1. The molecule has 0 aliphatic rings. The van der Waals surface area contributed by atoms with Crippen molar-refractivity contribution in [3.63, 3.8) is 0 Å². The molecule has 0 atom stereocenters. The summed E-state index contributed by atoms with van der Waals surface area (Å²) in [4.78, 5) is 7.25. The topological polar surface area (TPSA) is 9.72 Å². The van der Waals surface area contributed by atoms with Gasteiger partial charge < -0.3 is 14.7 Å². The Balaban J connectivity index is 0.975. The fraction of sp³-hybridized carbons (Fsp3) is 0. The number of para-hydroxylation sites is 2. The maximum absolute atomic E-state index is 2.46. The quantitative estimate of drug-likeness (QED) is 0.113. The number of benzene rings is 14. The van der Waals surface area contributed by atoms with Crippen LogP contribution in [0.3, 0.4) is 0 Å². The van der Waals surface area contributed by atoms with E-state index >= 15 is 0 Å². The molecule has 3 nitrogen and oxygen atoms in total. The van der Waals surface area contributed by atoms with Crippen molar-refractivity contribution in [2.24, 2.45) is 0 Å². The highest BCUT2D eigenvalue weighted by Gasteiger charge is 2.24. The maximum Gasteiger partial charge on any atom is 0.0503 e. The van der Waals surface area contributed by atoms with Gasteiger partial charge >= 0.3 is 0 Å². The monoisotopic (exact) mass is 1060 g/mol. The van der Waals surface area contributed by atoms with Gasteiger partial charge in [0.25, 0.3) is 0 Å². The van der Waals surface area contributed by atoms with Crippen LogP contribution in [0.1, 0.15) is 0 Å². The molecule has 0 fully saturated rings. The summed E-state index contributed by atoms with van der Waals surface area (Å²) >= 11 is 1.85. The Kier molecular flexibility index (Phi) is 12.4. The minimum absolute atomic E-state index is 1.000. The number of hydrogen-bond acceptors (Lipinski definition) is 4. The van der Waals surface area contributed by atoms with E-state index in [0.717, 1.165) is 67.9 Å². The molecule has 0 N–H and O–H groups in total. The SMILES string of the molecule is c1ccc(-c2ccc(N(c3ccccc3)c3cc(N(c4ccccc4)c4ccc(-c5ccccc5)cc4)cc(N(c4ccc(-c5ccc6sc7ccccc7c6c5)cc4)c4ccc5c6ccccc6c6ccccc6c5c4)c3)cc2)cc1. The lowest BCUT2D eigenvalue weighted by atomic mass is 9.94. The minimum atomic E-state index is 1.000. The standard InChI is InChI=1S/C78H53N3S/c1-5-19-54(20-6-1)56-33-40-62(41-34-56)79(60-23-9-3-10-24-60)66-50-67(80(61-25-11-4-12-26-61)63-42-35-57(36-43-63)55-21-7-2-8-22-55)52-68(51-66)81(65-46-47-73-71-29-14-13-27-69(71)70-28-15-16-30-72(70)75(73)53-65)64-44-37-58(38-45-64)59-39-48-78-76(49-59)74-31-17-18-32-77(74)82-78/h1-53H. The van der Waals surface area contributed by atoms with E-state index in [4.69, 9.17) is 0 Å². The molecule has 15 aromatic rings. The van der Waals surface area contributed by atoms with Crippen molar-refractivity contribution >= 4 is 115 Å². The molecule has 0 spiro atoms. The maximum atomic E-state index is 2.46. The van der Waals surface area contributed by atoms with Crippen LogP contribution < -0.4 is 14.7 Å². The Morgan fingerprint density at radius 2 is 0.463 bits per heavy atom. The molecule has 15 rings (SSSR count). The van der Waals surface area contributed by atoms with E-state index in [1.807, 2.05) is 11.3 Å². The second kappa shape index (κ2) is 20.9. The summed E-state index contributed by atoms with van der Waals surface area (Å²) < 4.78 is 2.61. The van der Waals surface area contributed by atoms with Gasteiger partial charge in [-0.15, -0.1) is 11.3 Å². The zero-order chi connectivity index (χ0) is 54.3. The molecule has 386 valence electrons. The van der Waals surface area contributed by atoms with Crippen molar-refractivity contribution in [3.05, 3.63) is 322 Å². The Hall–Kier alpha value is -10.5. The van der Waals surface area contributed by atoms with Crippen LogP contribution in [0, 0.1) is 0 Å². The number of hydrogen-bond donors (Lipinski definition) is 0. The molecule has 0 aliphatic heterocycles. The van der Waals surface area contributed by atoms with Crippen LogP contribution in [0.5, 0.6) is 0 Å². The van der Waals surface area contributed by atoms with Crippen molar-refractivity contribution in [1.29, 1.82) is 0 Å². The highest BCUT2D eigenvalue weighted by Crippen LogP contribution is 2.48. The predicted molar refractivity (Wildman–Crippen MR) is 352 cm³/mol. The fourth-order valence-electron chi connectivity index (χ4n) is 12.1. The van der Waals surface area contributed by atoms with E-state index in [9.17, 15) is 0 Å². The molecular weight excluding hydrogens is 1010 g/mol. The lowest BCUT2D eigenvalue weighted by Crippen LogP contribution is -2.16. The third kappa shape index (κ3) is 8.98. The highest BCUT2D eigenvalue weighted by atomic mass is 32.1. The van der Waals surface area contributed by atoms with Gasteiger partial charge in [0.1, 0.15) is 0 Å². The molecule has 0 radical (unpaired) electrons. The molecule has 1 aromatic heterocycles. The molecule has 0 saturated heterocycles. The van der Waals surface area contributed by atoms with E-state index in [0.29, 0.717) is 0 Å². The van der Waals surface area contributed by atoms with Gasteiger partial charge in [0.05, 0.1) is 17.1 Å². The Bertz CT molecular complexity index is 4590. The van der Waals surface area contributed by atoms with E-state index in [1.165, 1.54) is 69.2 Å². The first-order valence-electron chi connectivity index (χ1n) is 28.0. The minimum Gasteiger partial charge on any atom is -0.310 e. The van der Waals surface area contributed by atoms with Gasteiger partial charge in [0, 0.05) is 54.3 Å². The zero-order valence-electron chi connectivity index (χ0n) is 44.8. The van der Waals surface area contributed by atoms with Crippen LogP contribution in [-0.4, -0.2) is 0 Å².